The fraction of sp³-hybridized carbons (Fsp3) is 0.300. The van der Waals surface area contributed by atoms with Crippen molar-refractivity contribution in [3.8, 4) is 11.5 Å². The first-order valence-corrected chi connectivity index (χ1v) is 9.64. The number of hydrogen-bond acceptors (Lipinski definition) is 5. The van der Waals surface area contributed by atoms with Crippen LogP contribution in [0.3, 0.4) is 0 Å². The van der Waals surface area contributed by atoms with Gasteiger partial charge in [-0.25, -0.2) is 0 Å². The monoisotopic (exact) mass is 388 g/mol. The van der Waals surface area contributed by atoms with Crippen LogP contribution in [-0.4, -0.2) is 30.3 Å². The Labute approximate surface area is 163 Å². The molecule has 7 heteroatoms. The number of carbonyl (C=O) groups excluding carboxylic acids is 2. The van der Waals surface area contributed by atoms with Gasteiger partial charge in [-0.1, -0.05) is 17.7 Å². The number of aryl methyl sites for hydroxylation is 1. The van der Waals surface area contributed by atoms with Crippen LogP contribution in [0.2, 0.25) is 0 Å². The number of thioether (sulfide) groups is 1. The van der Waals surface area contributed by atoms with E-state index >= 15 is 0 Å². The quantitative estimate of drug-likeness (QED) is 0.537. The molecule has 2 N–H and O–H groups in total. The molecule has 0 unspecified atom stereocenters. The van der Waals surface area contributed by atoms with Crippen molar-refractivity contribution in [3.05, 3.63) is 54.1 Å². The second kappa shape index (κ2) is 10.5. The number of nitrogens with one attached hydrogen (secondary N) is 2. The molecular formula is C20H24N2O4S. The van der Waals surface area contributed by atoms with Crippen molar-refractivity contribution < 1.29 is 19.1 Å². The lowest BCUT2D eigenvalue weighted by Gasteiger charge is -2.15. The molecule has 2 rings (SSSR count). The normalized spacial score (nSPS) is 11.4. The Hall–Kier alpha value is -2.67. The Balaban J connectivity index is 1.71. The number of carbonyl (C=O) groups is 2. The number of rotatable bonds is 8. The summed E-state index contributed by atoms with van der Waals surface area (Å²) >= 11 is 1.40. The molecule has 0 bridgehead atoms. The van der Waals surface area contributed by atoms with E-state index < -0.39 is 12.0 Å². The molecule has 0 saturated carbocycles. The third-order valence-corrected chi connectivity index (χ3v) is 4.54. The molecule has 2 amide bonds. The molecule has 144 valence electrons. The third-order valence-electron chi connectivity index (χ3n) is 3.53. The highest BCUT2D eigenvalue weighted by Crippen LogP contribution is 2.19. The van der Waals surface area contributed by atoms with Gasteiger partial charge in [-0.3, -0.25) is 20.4 Å². The van der Waals surface area contributed by atoms with Gasteiger partial charge < -0.3 is 9.47 Å². The van der Waals surface area contributed by atoms with Crippen molar-refractivity contribution in [3.63, 3.8) is 0 Å². The predicted octanol–water partition coefficient (Wildman–Crippen LogP) is 3.10. The van der Waals surface area contributed by atoms with E-state index in [9.17, 15) is 9.59 Å². The topological polar surface area (TPSA) is 76.7 Å². The molecule has 2 aromatic rings. The lowest BCUT2D eigenvalue weighted by molar-refractivity contribution is -0.131. The second-order valence-electron chi connectivity index (χ2n) is 5.80. The van der Waals surface area contributed by atoms with Gasteiger partial charge in [0.25, 0.3) is 5.91 Å². The lowest BCUT2D eigenvalue weighted by Crippen LogP contribution is -2.47. The van der Waals surface area contributed by atoms with Crippen LogP contribution in [0.1, 0.15) is 19.4 Å². The highest BCUT2D eigenvalue weighted by Gasteiger charge is 2.15. The Morgan fingerprint density at radius 2 is 1.63 bits per heavy atom. The first-order valence-electron chi connectivity index (χ1n) is 8.65. The number of hydrazine groups is 1. The summed E-state index contributed by atoms with van der Waals surface area (Å²) in [6.07, 6.45) is -0.756. The minimum absolute atomic E-state index is 0.206. The Bertz CT molecular complexity index is 748. The smallest absolute Gasteiger partial charge is 0.279 e. The van der Waals surface area contributed by atoms with Gasteiger partial charge in [-0.2, -0.15) is 0 Å². The molecular weight excluding hydrogens is 364 g/mol. The number of amides is 2. The summed E-state index contributed by atoms with van der Waals surface area (Å²) in [4.78, 5) is 24.9. The Morgan fingerprint density at radius 1 is 1.00 bits per heavy atom. The highest BCUT2D eigenvalue weighted by molar-refractivity contribution is 8.00. The molecule has 0 heterocycles. The summed E-state index contributed by atoms with van der Waals surface area (Å²) in [6.45, 7) is 6.11. The molecule has 1 atom stereocenters. The summed E-state index contributed by atoms with van der Waals surface area (Å²) < 4.78 is 10.9. The minimum Gasteiger partial charge on any atom is -0.494 e. The van der Waals surface area contributed by atoms with Gasteiger partial charge in [-0.05, 0) is 57.2 Å². The van der Waals surface area contributed by atoms with Crippen LogP contribution in [0.5, 0.6) is 11.5 Å². The molecule has 0 aromatic heterocycles. The molecule has 27 heavy (non-hydrogen) atoms. The van der Waals surface area contributed by atoms with E-state index in [1.165, 1.54) is 11.8 Å². The lowest BCUT2D eigenvalue weighted by atomic mass is 10.2. The number of benzene rings is 2. The molecule has 0 radical (unpaired) electrons. The van der Waals surface area contributed by atoms with E-state index in [1.807, 2.05) is 38.1 Å². The molecule has 6 nitrogen and oxygen atoms in total. The van der Waals surface area contributed by atoms with E-state index in [4.69, 9.17) is 9.47 Å². The van der Waals surface area contributed by atoms with Gasteiger partial charge in [0, 0.05) is 4.90 Å². The molecule has 0 aliphatic carbocycles. The summed E-state index contributed by atoms with van der Waals surface area (Å²) in [7, 11) is 0. The van der Waals surface area contributed by atoms with Crippen LogP contribution in [-0.2, 0) is 9.59 Å². The minimum atomic E-state index is -0.756. The summed E-state index contributed by atoms with van der Waals surface area (Å²) in [5.74, 6) is 0.764. The van der Waals surface area contributed by atoms with Crippen LogP contribution < -0.4 is 20.3 Å². The first kappa shape index (κ1) is 20.6. The van der Waals surface area contributed by atoms with Gasteiger partial charge in [0.1, 0.15) is 11.5 Å². The molecule has 2 aromatic carbocycles. The van der Waals surface area contributed by atoms with Crippen LogP contribution in [0, 0.1) is 6.92 Å². The maximum Gasteiger partial charge on any atom is 0.279 e. The average Bonchev–Trinajstić information content (AvgIpc) is 2.67. The van der Waals surface area contributed by atoms with Gasteiger partial charge in [0.05, 0.1) is 12.4 Å². The summed E-state index contributed by atoms with van der Waals surface area (Å²) in [5, 5.41) is 0. The van der Waals surface area contributed by atoms with Crippen molar-refractivity contribution >= 4 is 23.6 Å². The van der Waals surface area contributed by atoms with Crippen molar-refractivity contribution in [2.45, 2.75) is 31.8 Å². The van der Waals surface area contributed by atoms with Crippen molar-refractivity contribution in [2.75, 3.05) is 12.4 Å². The van der Waals surface area contributed by atoms with Crippen LogP contribution in [0.4, 0.5) is 0 Å². The van der Waals surface area contributed by atoms with Crippen LogP contribution in [0.25, 0.3) is 0 Å². The van der Waals surface area contributed by atoms with Crippen molar-refractivity contribution in [1.82, 2.24) is 10.9 Å². The van der Waals surface area contributed by atoms with Gasteiger partial charge >= 0.3 is 0 Å². The van der Waals surface area contributed by atoms with Gasteiger partial charge in [0.2, 0.25) is 5.91 Å². The van der Waals surface area contributed by atoms with Crippen LogP contribution in [0.15, 0.2) is 53.4 Å². The summed E-state index contributed by atoms with van der Waals surface area (Å²) in [5.41, 5.74) is 5.94. The standard InChI is InChI=1S/C20H24N2O4S/c1-4-25-16-7-9-17(10-8-16)26-15(3)20(24)22-21-19(23)13-27-18-11-5-14(2)6-12-18/h5-12,15H,4,13H2,1-3H3,(H,21,23)(H,22,24)/t15-/m1/s1. The second-order valence-corrected chi connectivity index (χ2v) is 6.85. The molecule has 0 fully saturated rings. The first-order chi connectivity index (χ1) is 13.0. The molecule has 0 aliphatic rings. The fourth-order valence-corrected chi connectivity index (χ4v) is 2.79. The van der Waals surface area contributed by atoms with E-state index in [0.717, 1.165) is 16.2 Å². The van der Waals surface area contributed by atoms with Crippen molar-refractivity contribution in [2.24, 2.45) is 0 Å². The largest absolute Gasteiger partial charge is 0.494 e. The molecule has 0 spiro atoms. The zero-order valence-corrected chi connectivity index (χ0v) is 16.5. The summed E-state index contributed by atoms with van der Waals surface area (Å²) in [6, 6.07) is 14.9. The van der Waals surface area contributed by atoms with E-state index in [2.05, 4.69) is 10.9 Å². The average molecular weight is 388 g/mol. The van der Waals surface area contributed by atoms with Gasteiger partial charge in [0.15, 0.2) is 6.10 Å². The molecule has 0 saturated heterocycles. The fourth-order valence-electron chi connectivity index (χ4n) is 2.09. The van der Waals surface area contributed by atoms with E-state index in [0.29, 0.717) is 12.4 Å². The SMILES string of the molecule is CCOc1ccc(O[C@H](C)C(=O)NNC(=O)CSc2ccc(C)cc2)cc1. The zero-order chi connectivity index (χ0) is 19.6. The molecule has 0 aliphatic heterocycles. The number of ether oxygens (including phenoxy) is 2. The highest BCUT2D eigenvalue weighted by atomic mass is 32.2. The number of hydrogen-bond donors (Lipinski definition) is 2. The maximum atomic E-state index is 12.1. The maximum absolute atomic E-state index is 12.1. The Kier molecular flexibility index (Phi) is 8.00. The van der Waals surface area contributed by atoms with Gasteiger partial charge in [-0.15, -0.1) is 11.8 Å². The third kappa shape index (κ3) is 7.22. The van der Waals surface area contributed by atoms with E-state index in [1.54, 1.807) is 31.2 Å². The zero-order valence-electron chi connectivity index (χ0n) is 15.7. The predicted molar refractivity (Wildman–Crippen MR) is 106 cm³/mol. The van der Waals surface area contributed by atoms with Crippen molar-refractivity contribution in [1.29, 1.82) is 0 Å². The van der Waals surface area contributed by atoms with E-state index in [-0.39, 0.29) is 11.7 Å². The Morgan fingerprint density at radius 3 is 2.26 bits per heavy atom. The van der Waals surface area contributed by atoms with Crippen LogP contribution >= 0.6 is 11.8 Å².